The lowest BCUT2D eigenvalue weighted by Gasteiger charge is -2.17. The van der Waals surface area contributed by atoms with Gasteiger partial charge in [-0.1, -0.05) is 0 Å². The number of anilines is 1. The van der Waals surface area contributed by atoms with Crippen molar-refractivity contribution in [2.24, 2.45) is 0 Å². The zero-order chi connectivity index (χ0) is 18.9. The molecule has 7 nitrogen and oxygen atoms in total. The number of furan rings is 1. The van der Waals surface area contributed by atoms with E-state index < -0.39 is 0 Å². The molecule has 3 rings (SSSR count). The quantitative estimate of drug-likeness (QED) is 0.697. The molecule has 27 heavy (non-hydrogen) atoms. The van der Waals surface area contributed by atoms with Crippen LogP contribution in [0.3, 0.4) is 0 Å². The number of hydrogen-bond donors (Lipinski definition) is 2. The van der Waals surface area contributed by atoms with Crippen LogP contribution >= 0.6 is 0 Å². The molecule has 2 N–H and O–H groups in total. The first kappa shape index (κ1) is 18.7. The molecule has 2 amide bonds. The molecule has 1 fully saturated rings. The molecule has 2 aromatic heterocycles. The smallest absolute Gasteiger partial charge is 0.244 e. The molecule has 0 radical (unpaired) electrons. The number of carbonyl (C=O) groups is 2. The summed E-state index contributed by atoms with van der Waals surface area (Å²) in [4.78, 5) is 30.3. The van der Waals surface area contributed by atoms with Gasteiger partial charge in [-0.05, 0) is 48.7 Å². The second kappa shape index (κ2) is 9.56. The van der Waals surface area contributed by atoms with Crippen molar-refractivity contribution in [3.05, 3.63) is 54.1 Å². The van der Waals surface area contributed by atoms with E-state index >= 15 is 0 Å². The van der Waals surface area contributed by atoms with E-state index in [-0.39, 0.29) is 24.8 Å². The summed E-state index contributed by atoms with van der Waals surface area (Å²) in [5.74, 6) is 1.21. The molecule has 0 unspecified atom stereocenters. The lowest BCUT2D eigenvalue weighted by Crippen LogP contribution is -2.29. The Bertz CT molecular complexity index is 780. The first-order chi connectivity index (χ1) is 13.2. The summed E-state index contributed by atoms with van der Waals surface area (Å²) in [6, 6.07) is 7.43. The maximum atomic E-state index is 12.0. The van der Waals surface area contributed by atoms with Crippen molar-refractivity contribution in [3.8, 4) is 0 Å². The van der Waals surface area contributed by atoms with E-state index in [1.165, 1.54) is 18.9 Å². The number of nitrogens with one attached hydrogen (secondary N) is 2. The Balaban J connectivity index is 1.36. The minimum atomic E-state index is -0.261. The van der Waals surface area contributed by atoms with Gasteiger partial charge in [0.25, 0.3) is 0 Å². The normalized spacial score (nSPS) is 13.9. The summed E-state index contributed by atoms with van der Waals surface area (Å²) in [6.07, 6.45) is 8.91. The summed E-state index contributed by atoms with van der Waals surface area (Å²) in [5, 5.41) is 5.55. The van der Waals surface area contributed by atoms with Gasteiger partial charge in [-0.3, -0.25) is 9.59 Å². The minimum Gasteiger partial charge on any atom is -0.465 e. The number of nitrogens with zero attached hydrogens (tertiary/aromatic N) is 2. The Morgan fingerprint density at radius 3 is 2.85 bits per heavy atom. The van der Waals surface area contributed by atoms with Crippen molar-refractivity contribution in [2.45, 2.75) is 25.8 Å². The van der Waals surface area contributed by atoms with E-state index in [1.807, 2.05) is 12.1 Å². The SMILES string of the molecule is O=C(/C=C/c1ccco1)NCCC(=O)NCc1ccnc(N2CCCC2)c1. The second-order valence-corrected chi connectivity index (χ2v) is 6.38. The van der Waals surface area contributed by atoms with Crippen LogP contribution in [0.15, 0.2) is 47.2 Å². The van der Waals surface area contributed by atoms with Crippen molar-refractivity contribution in [3.63, 3.8) is 0 Å². The van der Waals surface area contributed by atoms with E-state index in [9.17, 15) is 9.59 Å². The summed E-state index contributed by atoms with van der Waals surface area (Å²) < 4.78 is 5.10. The maximum Gasteiger partial charge on any atom is 0.244 e. The molecular formula is C20H24N4O3. The monoisotopic (exact) mass is 368 g/mol. The third kappa shape index (κ3) is 5.99. The molecule has 0 bridgehead atoms. The van der Waals surface area contributed by atoms with Crippen LogP contribution in [0, 0.1) is 0 Å². The molecule has 1 aliphatic rings. The maximum absolute atomic E-state index is 12.0. The molecule has 0 atom stereocenters. The third-order valence-corrected chi connectivity index (χ3v) is 4.32. The molecule has 2 aromatic rings. The number of rotatable bonds is 8. The molecule has 1 saturated heterocycles. The highest BCUT2D eigenvalue weighted by Gasteiger charge is 2.13. The Morgan fingerprint density at radius 1 is 1.22 bits per heavy atom. The Morgan fingerprint density at radius 2 is 2.07 bits per heavy atom. The van der Waals surface area contributed by atoms with Crippen LogP contribution in [0.2, 0.25) is 0 Å². The molecular weight excluding hydrogens is 344 g/mol. The van der Waals surface area contributed by atoms with Crippen LogP contribution in [-0.2, 0) is 16.1 Å². The second-order valence-electron chi connectivity index (χ2n) is 6.38. The van der Waals surface area contributed by atoms with E-state index in [2.05, 4.69) is 20.5 Å². The Hall–Kier alpha value is -3.09. The summed E-state index contributed by atoms with van der Waals surface area (Å²) in [6.45, 7) is 2.81. The standard InChI is InChI=1S/C20H24N4O3/c25-19(6-5-17-4-3-13-27-17)22-10-8-20(26)23-15-16-7-9-21-18(14-16)24-11-1-2-12-24/h3-7,9,13-14H,1-2,8,10-12,15H2,(H,22,25)(H,23,26)/b6-5+. The fourth-order valence-corrected chi connectivity index (χ4v) is 2.88. The highest BCUT2D eigenvalue weighted by molar-refractivity contribution is 5.91. The van der Waals surface area contributed by atoms with Crippen LogP contribution in [0.25, 0.3) is 6.08 Å². The zero-order valence-corrected chi connectivity index (χ0v) is 15.2. The molecule has 1 aliphatic heterocycles. The van der Waals surface area contributed by atoms with Crippen LogP contribution in [0.4, 0.5) is 5.82 Å². The first-order valence-electron chi connectivity index (χ1n) is 9.17. The molecule has 0 aromatic carbocycles. The largest absolute Gasteiger partial charge is 0.465 e. The van der Waals surface area contributed by atoms with Gasteiger partial charge in [-0.2, -0.15) is 0 Å². The number of aromatic nitrogens is 1. The van der Waals surface area contributed by atoms with Gasteiger partial charge in [0.05, 0.1) is 6.26 Å². The van der Waals surface area contributed by atoms with E-state index in [1.54, 1.807) is 30.7 Å². The first-order valence-corrected chi connectivity index (χ1v) is 9.17. The number of carbonyl (C=O) groups excluding carboxylic acids is 2. The van der Waals surface area contributed by atoms with Gasteiger partial charge in [0.15, 0.2) is 0 Å². The number of amides is 2. The van der Waals surface area contributed by atoms with E-state index in [4.69, 9.17) is 4.42 Å². The van der Waals surface area contributed by atoms with Crippen molar-refractivity contribution in [1.82, 2.24) is 15.6 Å². The predicted molar refractivity (Wildman–Crippen MR) is 103 cm³/mol. The Kier molecular flexibility index (Phi) is 6.62. The van der Waals surface area contributed by atoms with Gasteiger partial charge in [0.2, 0.25) is 11.8 Å². The van der Waals surface area contributed by atoms with Gasteiger partial charge in [0, 0.05) is 44.9 Å². The molecule has 0 saturated carbocycles. The summed E-state index contributed by atoms with van der Waals surface area (Å²) >= 11 is 0. The fourth-order valence-electron chi connectivity index (χ4n) is 2.88. The van der Waals surface area contributed by atoms with Gasteiger partial charge < -0.3 is 20.0 Å². The third-order valence-electron chi connectivity index (χ3n) is 4.32. The van der Waals surface area contributed by atoms with Crippen molar-refractivity contribution in [2.75, 3.05) is 24.5 Å². The number of hydrogen-bond acceptors (Lipinski definition) is 5. The number of pyridine rings is 1. The highest BCUT2D eigenvalue weighted by Crippen LogP contribution is 2.18. The zero-order valence-electron chi connectivity index (χ0n) is 15.2. The molecule has 0 spiro atoms. The highest BCUT2D eigenvalue weighted by atomic mass is 16.3. The van der Waals surface area contributed by atoms with Crippen LogP contribution in [0.1, 0.15) is 30.6 Å². The van der Waals surface area contributed by atoms with Gasteiger partial charge in [0.1, 0.15) is 11.6 Å². The van der Waals surface area contributed by atoms with Crippen molar-refractivity contribution in [1.29, 1.82) is 0 Å². The summed E-state index contributed by atoms with van der Waals surface area (Å²) in [5.41, 5.74) is 1.02. The molecule has 142 valence electrons. The van der Waals surface area contributed by atoms with Crippen LogP contribution in [-0.4, -0.2) is 36.4 Å². The van der Waals surface area contributed by atoms with E-state index in [0.29, 0.717) is 12.3 Å². The Labute approximate surface area is 158 Å². The summed E-state index contributed by atoms with van der Waals surface area (Å²) in [7, 11) is 0. The van der Waals surface area contributed by atoms with Crippen LogP contribution < -0.4 is 15.5 Å². The topological polar surface area (TPSA) is 87.5 Å². The average molecular weight is 368 g/mol. The van der Waals surface area contributed by atoms with E-state index in [0.717, 1.165) is 24.5 Å². The average Bonchev–Trinajstić information content (AvgIpc) is 3.39. The lowest BCUT2D eigenvalue weighted by molar-refractivity contribution is -0.121. The van der Waals surface area contributed by atoms with Gasteiger partial charge in [-0.15, -0.1) is 0 Å². The van der Waals surface area contributed by atoms with Crippen molar-refractivity contribution >= 4 is 23.7 Å². The fraction of sp³-hybridized carbons (Fsp3) is 0.350. The van der Waals surface area contributed by atoms with Gasteiger partial charge >= 0.3 is 0 Å². The molecule has 0 aliphatic carbocycles. The van der Waals surface area contributed by atoms with Gasteiger partial charge in [-0.25, -0.2) is 4.98 Å². The van der Waals surface area contributed by atoms with Crippen LogP contribution in [0.5, 0.6) is 0 Å². The molecule has 7 heteroatoms. The lowest BCUT2D eigenvalue weighted by atomic mass is 10.2. The molecule has 3 heterocycles. The predicted octanol–water partition coefficient (Wildman–Crippen LogP) is 2.11. The van der Waals surface area contributed by atoms with Crippen molar-refractivity contribution < 1.29 is 14.0 Å². The minimum absolute atomic E-state index is 0.107.